The van der Waals surface area contributed by atoms with E-state index in [0.717, 1.165) is 10.6 Å². The van der Waals surface area contributed by atoms with Crippen LogP contribution in [0.5, 0.6) is 23.0 Å². The minimum atomic E-state index is -0.768. The number of hydrogen-bond acceptors (Lipinski definition) is 6. The Kier molecular flexibility index (Phi) is 5.67. The predicted molar refractivity (Wildman–Crippen MR) is 131 cm³/mol. The van der Waals surface area contributed by atoms with Crippen LogP contribution in [0, 0.1) is 0 Å². The maximum Gasteiger partial charge on any atom is 0.258 e. The summed E-state index contributed by atoms with van der Waals surface area (Å²) in [4.78, 5) is 26.9. The van der Waals surface area contributed by atoms with Crippen LogP contribution < -0.4 is 19.3 Å². The highest BCUT2D eigenvalue weighted by atomic mass is 32.1. The van der Waals surface area contributed by atoms with E-state index < -0.39 is 6.23 Å². The normalized spacial score (nSPS) is 17.1. The molecule has 0 aliphatic carbocycles. The van der Waals surface area contributed by atoms with E-state index in [1.54, 1.807) is 65.6 Å². The van der Waals surface area contributed by atoms with Gasteiger partial charge in [0.05, 0.1) is 5.69 Å². The van der Waals surface area contributed by atoms with Crippen LogP contribution in [-0.4, -0.2) is 28.1 Å². The van der Waals surface area contributed by atoms with Gasteiger partial charge in [-0.3, -0.25) is 9.59 Å². The molecule has 0 spiro atoms. The second-order valence-electron chi connectivity index (χ2n) is 7.49. The van der Waals surface area contributed by atoms with Gasteiger partial charge in [-0.1, -0.05) is 18.3 Å². The Labute approximate surface area is 200 Å². The van der Waals surface area contributed by atoms with Crippen LogP contribution >= 0.6 is 12.2 Å². The first kappa shape index (κ1) is 21.6. The van der Waals surface area contributed by atoms with Crippen molar-refractivity contribution in [2.45, 2.75) is 6.23 Å². The minimum absolute atomic E-state index is 0.368. The van der Waals surface area contributed by atoms with Crippen LogP contribution in [-0.2, 0) is 9.59 Å². The summed E-state index contributed by atoms with van der Waals surface area (Å²) in [6.45, 7) is 0. The molecule has 3 aromatic carbocycles. The van der Waals surface area contributed by atoms with E-state index in [4.69, 9.17) is 21.7 Å². The summed E-state index contributed by atoms with van der Waals surface area (Å²) in [5.74, 6) is 1.57. The average molecular weight is 471 g/mol. The van der Waals surface area contributed by atoms with Gasteiger partial charge >= 0.3 is 0 Å². The summed E-state index contributed by atoms with van der Waals surface area (Å²) in [5, 5.41) is 10.0. The van der Waals surface area contributed by atoms with E-state index in [1.807, 2.05) is 24.3 Å². The molecule has 2 aliphatic rings. The van der Waals surface area contributed by atoms with Gasteiger partial charge in [-0.2, -0.15) is 0 Å². The summed E-state index contributed by atoms with van der Waals surface area (Å²) in [7, 11) is 0. The molecule has 0 radical (unpaired) electrons. The first-order valence-corrected chi connectivity index (χ1v) is 10.8. The van der Waals surface area contributed by atoms with Crippen LogP contribution in [0.15, 0.2) is 97.1 Å². The van der Waals surface area contributed by atoms with Gasteiger partial charge in [-0.25, -0.2) is 4.90 Å². The van der Waals surface area contributed by atoms with Crippen LogP contribution in [0.2, 0.25) is 0 Å². The van der Waals surface area contributed by atoms with Crippen molar-refractivity contribution in [1.29, 1.82) is 0 Å². The van der Waals surface area contributed by atoms with Crippen molar-refractivity contribution in [3.05, 3.63) is 97.1 Å². The monoisotopic (exact) mass is 470 g/mol. The Bertz CT molecular complexity index is 1310. The molecule has 168 valence electrons. The number of carbonyl (C=O) groups excluding carboxylic acids is 2. The maximum absolute atomic E-state index is 11.8. The van der Waals surface area contributed by atoms with Crippen molar-refractivity contribution in [2.24, 2.45) is 0 Å². The Balaban J connectivity index is 1.25. The summed E-state index contributed by atoms with van der Waals surface area (Å²) < 4.78 is 11.8. The lowest BCUT2D eigenvalue weighted by Gasteiger charge is -2.22. The summed E-state index contributed by atoms with van der Waals surface area (Å²) >= 11 is 5.25. The van der Waals surface area contributed by atoms with Gasteiger partial charge in [-0.05, 0) is 72.8 Å². The molecule has 34 heavy (non-hydrogen) atoms. The topological polar surface area (TPSA) is 79.3 Å². The molecule has 1 unspecified atom stereocenters. The molecule has 8 heteroatoms. The molecule has 0 saturated heterocycles. The van der Waals surface area contributed by atoms with E-state index in [2.05, 4.69) is 0 Å². The van der Waals surface area contributed by atoms with Crippen molar-refractivity contribution in [1.82, 2.24) is 0 Å². The fraction of sp³-hybridized carbons (Fsp3) is 0.0385. The van der Waals surface area contributed by atoms with Crippen molar-refractivity contribution >= 4 is 40.4 Å². The zero-order chi connectivity index (χ0) is 23.7. The van der Waals surface area contributed by atoms with Gasteiger partial charge < -0.3 is 19.5 Å². The van der Waals surface area contributed by atoms with Gasteiger partial charge in [0.25, 0.3) is 11.8 Å². The molecule has 7 nitrogen and oxygen atoms in total. The summed E-state index contributed by atoms with van der Waals surface area (Å²) in [6.07, 6.45) is 5.05. The second kappa shape index (κ2) is 8.93. The standard InChI is InChI=1S/C26H18N2O5S/c29-23-12-13-24(30)27(23)17-4-8-19(9-5-17)32-21-2-1-3-22(16-21)33-20-10-6-18(7-11-20)28-25(31)14-15-26(28)34/h1-16,25,31H. The van der Waals surface area contributed by atoms with Gasteiger partial charge in [0.15, 0.2) is 6.23 Å². The third kappa shape index (κ3) is 4.32. The molecular weight excluding hydrogens is 452 g/mol. The van der Waals surface area contributed by atoms with Crippen molar-refractivity contribution in [3.8, 4) is 23.0 Å². The number of thiocarbonyl (C=S) groups is 1. The number of ether oxygens (including phenoxy) is 2. The number of nitrogens with zero attached hydrogens (tertiary/aromatic N) is 2. The molecule has 3 aromatic rings. The molecule has 2 amide bonds. The average Bonchev–Trinajstić information content (AvgIpc) is 3.35. The van der Waals surface area contributed by atoms with Gasteiger partial charge in [0.2, 0.25) is 0 Å². The largest absolute Gasteiger partial charge is 0.457 e. The highest BCUT2D eigenvalue weighted by Gasteiger charge is 2.25. The van der Waals surface area contributed by atoms with E-state index in [0.29, 0.717) is 33.7 Å². The molecule has 0 fully saturated rings. The van der Waals surface area contributed by atoms with Crippen LogP contribution in [0.3, 0.4) is 0 Å². The van der Waals surface area contributed by atoms with Gasteiger partial charge in [0.1, 0.15) is 28.0 Å². The second-order valence-corrected chi connectivity index (χ2v) is 7.91. The molecule has 1 N–H and O–H groups in total. The molecule has 2 heterocycles. The summed E-state index contributed by atoms with van der Waals surface area (Å²) in [5.41, 5.74) is 1.24. The Morgan fingerprint density at radius 2 is 1.24 bits per heavy atom. The number of benzene rings is 3. The summed E-state index contributed by atoms with van der Waals surface area (Å²) in [6, 6.07) is 21.1. The molecule has 0 aromatic heterocycles. The van der Waals surface area contributed by atoms with Crippen molar-refractivity contribution in [3.63, 3.8) is 0 Å². The maximum atomic E-state index is 11.8. The lowest BCUT2D eigenvalue weighted by atomic mass is 10.2. The number of hydrogen-bond donors (Lipinski definition) is 1. The lowest BCUT2D eigenvalue weighted by molar-refractivity contribution is -0.119. The number of anilines is 2. The highest BCUT2D eigenvalue weighted by Crippen LogP contribution is 2.31. The van der Waals surface area contributed by atoms with E-state index in [9.17, 15) is 14.7 Å². The van der Waals surface area contributed by atoms with Gasteiger partial charge in [0, 0.05) is 23.9 Å². The Morgan fingerprint density at radius 3 is 1.74 bits per heavy atom. The van der Waals surface area contributed by atoms with Crippen molar-refractivity contribution < 1.29 is 24.2 Å². The van der Waals surface area contributed by atoms with E-state index >= 15 is 0 Å². The zero-order valence-corrected chi connectivity index (χ0v) is 18.5. The third-order valence-electron chi connectivity index (χ3n) is 5.21. The van der Waals surface area contributed by atoms with E-state index in [1.165, 1.54) is 12.2 Å². The fourth-order valence-electron chi connectivity index (χ4n) is 3.61. The molecule has 1 atom stereocenters. The first-order valence-electron chi connectivity index (χ1n) is 10.4. The number of amides is 2. The molecule has 2 aliphatic heterocycles. The highest BCUT2D eigenvalue weighted by molar-refractivity contribution is 7.81. The van der Waals surface area contributed by atoms with Crippen molar-refractivity contribution in [2.75, 3.05) is 9.80 Å². The molecule has 0 saturated carbocycles. The van der Waals surface area contributed by atoms with Crippen LogP contribution in [0.4, 0.5) is 11.4 Å². The zero-order valence-electron chi connectivity index (χ0n) is 17.7. The smallest absolute Gasteiger partial charge is 0.258 e. The molecule has 5 rings (SSSR count). The van der Waals surface area contributed by atoms with Crippen LogP contribution in [0.25, 0.3) is 0 Å². The predicted octanol–water partition coefficient (Wildman–Crippen LogP) is 4.72. The number of rotatable bonds is 6. The number of carbonyl (C=O) groups is 2. The molecular formula is C26H18N2O5S. The molecule has 0 bridgehead atoms. The van der Waals surface area contributed by atoms with Gasteiger partial charge in [-0.15, -0.1) is 0 Å². The number of imide groups is 1. The fourth-order valence-corrected chi connectivity index (χ4v) is 3.90. The minimum Gasteiger partial charge on any atom is -0.457 e. The Morgan fingerprint density at radius 1 is 0.706 bits per heavy atom. The SMILES string of the molecule is O=C1C=CC(=O)N1c1ccc(Oc2cccc(Oc3ccc(N4C(=S)C=CC4O)cc3)c2)cc1. The quantitative estimate of drug-likeness (QED) is 0.412. The number of aliphatic hydroxyl groups is 1. The van der Waals surface area contributed by atoms with E-state index in [-0.39, 0.29) is 11.8 Å². The number of aliphatic hydroxyl groups excluding tert-OH is 1. The lowest BCUT2D eigenvalue weighted by Crippen LogP contribution is -2.32. The first-order chi connectivity index (χ1) is 16.5. The Hall–Kier alpha value is -4.27. The third-order valence-corrected chi connectivity index (χ3v) is 5.54. The van der Waals surface area contributed by atoms with Crippen LogP contribution in [0.1, 0.15) is 0 Å².